The number of carbonyl (C=O) groups excluding carboxylic acids is 4. The fraction of sp³-hybridized carbons (Fsp3) is 0.417. The highest BCUT2D eigenvalue weighted by Gasteiger charge is 2.99. The zero-order chi connectivity index (χ0) is 45.4. The Bertz CT molecular complexity index is 2470. The van der Waals surface area contributed by atoms with Crippen molar-refractivity contribution in [2.24, 2.45) is 0 Å². The van der Waals surface area contributed by atoms with Gasteiger partial charge in [-0.3, -0.25) is 29.0 Å². The third kappa shape index (κ3) is 6.50. The molecule has 0 bridgehead atoms. The maximum absolute atomic E-state index is 16.3. The van der Waals surface area contributed by atoms with Crippen LogP contribution < -0.4 is 9.47 Å². The molecule has 2 aliphatic carbocycles. The third-order valence-electron chi connectivity index (χ3n) is 13.5. The van der Waals surface area contributed by atoms with Gasteiger partial charge in [-0.15, -0.1) is 0 Å². The molecule has 62 heavy (non-hydrogen) atoms. The number of allylic oxidation sites excluding steroid dienone is 3. The Kier molecular flexibility index (Phi) is 10.8. The normalized spacial score (nSPS) is 26.6. The van der Waals surface area contributed by atoms with Crippen molar-refractivity contribution in [2.75, 3.05) is 0 Å². The molecule has 0 saturated heterocycles. The summed E-state index contributed by atoms with van der Waals surface area (Å²) in [7, 11) is 0. The lowest BCUT2D eigenvalue weighted by Crippen LogP contribution is -2.89. The summed E-state index contributed by atoms with van der Waals surface area (Å²) in [6.07, 6.45) is 10.1. The average molecular weight is 861 g/mol. The highest BCUT2D eigenvalue weighted by Crippen LogP contribution is 2.68. The number of rotatable bonds is 14. The van der Waals surface area contributed by atoms with Gasteiger partial charge in [0.05, 0.1) is 39.9 Å². The van der Waals surface area contributed by atoms with E-state index in [2.05, 4.69) is 20.8 Å². The minimum Gasteiger partial charge on any atom is -0.457 e. The zero-order valence-electron chi connectivity index (χ0n) is 35.8. The molecule has 9 nitrogen and oxygen atoms in total. The van der Waals surface area contributed by atoms with E-state index in [0.717, 1.165) is 41.5 Å². The number of alkyl halides is 5. The highest BCUT2D eigenvalue weighted by atomic mass is 19.3. The number of hydrogen-bond acceptors (Lipinski definition) is 7. The van der Waals surface area contributed by atoms with Crippen molar-refractivity contribution in [1.82, 2.24) is 9.80 Å². The molecule has 328 valence electrons. The lowest BCUT2D eigenvalue weighted by molar-refractivity contribution is -0.523. The standard InChI is InChI=1S/C48H49F5N2O7/c1-9-42(5,10-2)30-18-20-35-36(26-30)41(59)55(40(35)58)43(6)23-14-17-31(22-24-43)60-32-16-13-15-29(25-32)28-54-38(56)34-21-19-33(27-37(34)39(54)57)61-47(52)45(8,49)46(50,51)48(47,53)62-44(7,11-3)12-4/h13-27H,9-12,28H2,1-8H3. The number of nitrogens with zero attached hydrogens (tertiary/aromatic N) is 2. The Morgan fingerprint density at radius 3 is 1.94 bits per heavy atom. The molecule has 0 N–H and O–H groups in total. The summed E-state index contributed by atoms with van der Waals surface area (Å²) in [6, 6.07) is 14.9. The van der Waals surface area contributed by atoms with E-state index in [-0.39, 0.29) is 42.9 Å². The van der Waals surface area contributed by atoms with Crippen molar-refractivity contribution in [1.29, 1.82) is 0 Å². The van der Waals surface area contributed by atoms with Crippen LogP contribution in [0.25, 0.3) is 0 Å². The summed E-state index contributed by atoms with van der Waals surface area (Å²) >= 11 is 0. The molecule has 2 heterocycles. The van der Waals surface area contributed by atoms with Gasteiger partial charge in [-0.1, -0.05) is 71.0 Å². The number of hydrogen-bond donors (Lipinski definition) is 0. The fourth-order valence-corrected chi connectivity index (χ4v) is 8.26. The second kappa shape index (κ2) is 15.0. The van der Waals surface area contributed by atoms with E-state index in [1.165, 1.54) is 25.7 Å². The second-order valence-corrected chi connectivity index (χ2v) is 17.2. The molecular formula is C48H49F5N2O7. The van der Waals surface area contributed by atoms with Crippen LogP contribution in [0.3, 0.4) is 0 Å². The van der Waals surface area contributed by atoms with E-state index >= 15 is 22.0 Å². The molecule has 1 saturated carbocycles. The predicted molar refractivity (Wildman–Crippen MR) is 220 cm³/mol. The second-order valence-electron chi connectivity index (χ2n) is 17.2. The number of fused-ring (bicyclic) bond motifs is 2. The van der Waals surface area contributed by atoms with E-state index in [1.807, 2.05) is 12.1 Å². The maximum Gasteiger partial charge on any atom is 0.353 e. The molecule has 4 aliphatic rings. The zero-order valence-corrected chi connectivity index (χ0v) is 35.8. The van der Waals surface area contributed by atoms with Crippen LogP contribution in [0.15, 0.2) is 96.8 Å². The van der Waals surface area contributed by atoms with Crippen molar-refractivity contribution in [3.8, 4) is 11.5 Å². The monoisotopic (exact) mass is 860 g/mol. The largest absolute Gasteiger partial charge is 0.457 e. The van der Waals surface area contributed by atoms with Crippen LogP contribution >= 0.6 is 0 Å². The molecule has 3 aromatic rings. The SMILES string of the molecule is CCC(C)(CC)OC1(F)C(F)(F)C(C)(F)C1(F)Oc1ccc2c(c1)C(=O)N(Cc1cccc(OC3=CC=CC(C)(N4C(=O)c5ccc(C(C)(CC)CC)cc5C4=O)C=C3)c1)C2=O. The van der Waals surface area contributed by atoms with Gasteiger partial charge in [0.15, 0.2) is 0 Å². The van der Waals surface area contributed by atoms with Gasteiger partial charge >= 0.3 is 17.6 Å². The number of halogens is 5. The molecule has 14 heteroatoms. The quantitative estimate of drug-likeness (QED) is 0.117. The summed E-state index contributed by atoms with van der Waals surface area (Å²) in [5.74, 6) is -16.2. The Hall–Kier alpha value is -5.63. The third-order valence-corrected chi connectivity index (χ3v) is 13.5. The molecule has 2 aliphatic heterocycles. The molecule has 4 atom stereocenters. The van der Waals surface area contributed by atoms with Gasteiger partial charge < -0.3 is 14.2 Å². The number of ether oxygens (including phenoxy) is 3. The van der Waals surface area contributed by atoms with Gasteiger partial charge in [0, 0.05) is 0 Å². The Labute approximate surface area is 357 Å². The summed E-state index contributed by atoms with van der Waals surface area (Å²) in [5.41, 5.74) is -5.32. The van der Waals surface area contributed by atoms with Gasteiger partial charge in [-0.2, -0.15) is 17.6 Å². The van der Waals surface area contributed by atoms with Crippen LogP contribution in [-0.4, -0.2) is 67.9 Å². The van der Waals surface area contributed by atoms with E-state index in [1.54, 1.807) is 67.6 Å². The number of carbonyl (C=O) groups is 4. The van der Waals surface area contributed by atoms with Crippen LogP contribution in [0, 0.1) is 0 Å². The van der Waals surface area contributed by atoms with Crippen LogP contribution in [0.4, 0.5) is 22.0 Å². The molecular weight excluding hydrogens is 812 g/mol. The van der Waals surface area contributed by atoms with Crippen molar-refractivity contribution in [3.05, 3.63) is 130 Å². The summed E-state index contributed by atoms with van der Waals surface area (Å²) in [6.45, 7) is 12.3. The van der Waals surface area contributed by atoms with Gasteiger partial charge in [-0.25, -0.2) is 4.39 Å². The van der Waals surface area contributed by atoms with E-state index in [4.69, 9.17) is 14.2 Å². The predicted octanol–water partition coefficient (Wildman–Crippen LogP) is 10.7. The van der Waals surface area contributed by atoms with Crippen LogP contribution in [0.5, 0.6) is 11.5 Å². The van der Waals surface area contributed by atoms with Crippen molar-refractivity contribution < 1.29 is 55.3 Å². The smallest absolute Gasteiger partial charge is 0.353 e. The number of amides is 4. The van der Waals surface area contributed by atoms with Gasteiger partial charge in [0.2, 0.25) is 0 Å². The molecule has 4 amide bonds. The molecule has 3 aromatic carbocycles. The highest BCUT2D eigenvalue weighted by molar-refractivity contribution is 6.22. The maximum atomic E-state index is 16.3. The fourth-order valence-electron chi connectivity index (χ4n) is 8.26. The Balaban J connectivity index is 1.05. The molecule has 4 unspecified atom stereocenters. The first-order valence-electron chi connectivity index (χ1n) is 20.7. The van der Waals surface area contributed by atoms with E-state index < -0.39 is 63.8 Å². The topological polar surface area (TPSA) is 102 Å². The van der Waals surface area contributed by atoms with Crippen molar-refractivity contribution in [2.45, 2.75) is 127 Å². The lowest BCUT2D eigenvalue weighted by Gasteiger charge is -2.60. The average Bonchev–Trinajstić information content (AvgIpc) is 3.54. The van der Waals surface area contributed by atoms with Crippen molar-refractivity contribution >= 4 is 23.6 Å². The van der Waals surface area contributed by atoms with Gasteiger partial charge in [0.1, 0.15) is 17.3 Å². The summed E-state index contributed by atoms with van der Waals surface area (Å²) < 4.78 is 93.9. The molecule has 1 fully saturated rings. The van der Waals surface area contributed by atoms with Gasteiger partial charge in [0.25, 0.3) is 29.3 Å². The van der Waals surface area contributed by atoms with Crippen molar-refractivity contribution in [3.63, 3.8) is 0 Å². The van der Waals surface area contributed by atoms with Crippen LogP contribution in [0.2, 0.25) is 0 Å². The lowest BCUT2D eigenvalue weighted by atomic mass is 9.67. The number of imide groups is 2. The molecule has 0 radical (unpaired) electrons. The molecule has 7 rings (SSSR count). The van der Waals surface area contributed by atoms with Crippen LogP contribution in [-0.2, 0) is 16.7 Å². The summed E-state index contributed by atoms with van der Waals surface area (Å²) in [5, 5.41) is 0. The first-order chi connectivity index (χ1) is 29.0. The Morgan fingerprint density at radius 1 is 0.661 bits per heavy atom. The molecule has 0 aromatic heterocycles. The van der Waals surface area contributed by atoms with Crippen LogP contribution in [0.1, 0.15) is 134 Å². The Morgan fingerprint density at radius 2 is 1.27 bits per heavy atom. The first kappa shape index (κ1) is 44.4. The van der Waals surface area contributed by atoms with E-state index in [0.29, 0.717) is 28.2 Å². The molecule has 0 spiro atoms. The minimum atomic E-state index is -4.95. The summed E-state index contributed by atoms with van der Waals surface area (Å²) in [4.78, 5) is 56.7. The number of benzene rings is 3. The first-order valence-corrected chi connectivity index (χ1v) is 20.7. The minimum absolute atomic E-state index is 0.00344. The van der Waals surface area contributed by atoms with E-state index in [9.17, 15) is 19.2 Å². The van der Waals surface area contributed by atoms with Gasteiger partial charge in [-0.05, 0) is 118 Å².